The van der Waals surface area contributed by atoms with E-state index >= 15 is 0 Å². The van der Waals surface area contributed by atoms with Crippen molar-refractivity contribution in [1.82, 2.24) is 0 Å². The monoisotopic (exact) mass is 353 g/mol. The molecule has 2 rings (SSSR count). The summed E-state index contributed by atoms with van der Waals surface area (Å²) in [6.07, 6.45) is 0. The van der Waals surface area contributed by atoms with Gasteiger partial charge in [0.1, 0.15) is 23.2 Å². The fraction of sp³-hybridized carbons (Fsp3) is 0.133. The summed E-state index contributed by atoms with van der Waals surface area (Å²) in [5.74, 6) is 0.314. The Labute approximate surface area is 130 Å². The van der Waals surface area contributed by atoms with Crippen LogP contribution in [0.5, 0.6) is 5.75 Å². The molecule has 2 nitrogen and oxygen atoms in total. The maximum Gasteiger partial charge on any atom is 0.134 e. The second-order valence-corrected chi connectivity index (χ2v) is 5.70. The third-order valence-corrected chi connectivity index (χ3v) is 3.62. The zero-order chi connectivity index (χ0) is 14.7. The van der Waals surface area contributed by atoms with Crippen molar-refractivity contribution in [3.8, 4) is 5.75 Å². The van der Waals surface area contributed by atoms with Crippen LogP contribution in [0.25, 0.3) is 0 Å². The van der Waals surface area contributed by atoms with E-state index in [0.29, 0.717) is 6.61 Å². The van der Waals surface area contributed by atoms with E-state index in [1.54, 1.807) is 12.1 Å². The Hall–Kier alpha value is -1.46. The molecular formula is C15H13BrFNOS. The molecule has 0 saturated carbocycles. The van der Waals surface area contributed by atoms with Crippen LogP contribution >= 0.6 is 28.1 Å². The lowest BCUT2D eigenvalue weighted by molar-refractivity contribution is 0.304. The van der Waals surface area contributed by atoms with Crippen molar-refractivity contribution < 1.29 is 9.13 Å². The van der Waals surface area contributed by atoms with Crippen molar-refractivity contribution in [2.75, 3.05) is 0 Å². The first-order chi connectivity index (χ1) is 9.47. The zero-order valence-electron chi connectivity index (χ0n) is 10.8. The Morgan fingerprint density at radius 3 is 2.70 bits per heavy atom. The Morgan fingerprint density at radius 1 is 1.30 bits per heavy atom. The minimum absolute atomic E-state index is 0.0425. The molecule has 2 aromatic rings. The minimum Gasteiger partial charge on any atom is -0.488 e. The van der Waals surface area contributed by atoms with Crippen LogP contribution in [-0.2, 0) is 6.61 Å². The molecule has 5 heteroatoms. The fourth-order valence-corrected chi connectivity index (χ4v) is 2.50. The minimum atomic E-state index is -0.419. The van der Waals surface area contributed by atoms with Crippen molar-refractivity contribution >= 4 is 33.1 Å². The van der Waals surface area contributed by atoms with E-state index in [-0.39, 0.29) is 10.6 Å². The standard InChI is InChI=1S/C15H13BrFNOS/c1-9-2-5-14(12(16)6-9)19-8-10-3-4-13(17)11(7-10)15(18)20/h2-7H,8H2,1H3,(H2,18,20). The molecule has 0 unspecified atom stereocenters. The summed E-state index contributed by atoms with van der Waals surface area (Å²) in [4.78, 5) is 0.0425. The highest BCUT2D eigenvalue weighted by Crippen LogP contribution is 2.26. The van der Waals surface area contributed by atoms with Gasteiger partial charge in [-0.2, -0.15) is 0 Å². The molecule has 0 amide bonds. The van der Waals surface area contributed by atoms with Crippen molar-refractivity contribution in [2.45, 2.75) is 13.5 Å². The largest absolute Gasteiger partial charge is 0.488 e. The summed E-state index contributed by atoms with van der Waals surface area (Å²) < 4.78 is 20.1. The summed E-state index contributed by atoms with van der Waals surface area (Å²) in [5, 5.41) is 0. The van der Waals surface area contributed by atoms with Crippen molar-refractivity contribution in [1.29, 1.82) is 0 Å². The van der Waals surface area contributed by atoms with E-state index < -0.39 is 5.82 Å². The van der Waals surface area contributed by atoms with Crippen molar-refractivity contribution in [3.05, 3.63) is 63.4 Å². The molecule has 0 radical (unpaired) electrons. The van der Waals surface area contributed by atoms with E-state index in [1.165, 1.54) is 6.07 Å². The van der Waals surface area contributed by atoms with Crippen LogP contribution in [0.3, 0.4) is 0 Å². The van der Waals surface area contributed by atoms with Gasteiger partial charge in [0.2, 0.25) is 0 Å². The molecule has 2 N–H and O–H groups in total. The van der Waals surface area contributed by atoms with E-state index in [9.17, 15) is 4.39 Å². The number of hydrogen-bond donors (Lipinski definition) is 1. The van der Waals surface area contributed by atoms with E-state index in [1.807, 2.05) is 25.1 Å². The number of rotatable bonds is 4. The number of aryl methyl sites for hydroxylation is 1. The number of nitrogens with two attached hydrogens (primary N) is 1. The van der Waals surface area contributed by atoms with Gasteiger partial charge in [-0.3, -0.25) is 0 Å². The summed E-state index contributed by atoms with van der Waals surface area (Å²) in [6, 6.07) is 10.4. The Bertz CT molecular complexity index is 660. The van der Waals surface area contributed by atoms with Crippen LogP contribution in [0, 0.1) is 12.7 Å². The first-order valence-corrected chi connectivity index (χ1v) is 7.14. The molecule has 0 fully saturated rings. The van der Waals surface area contributed by atoms with E-state index in [2.05, 4.69) is 15.9 Å². The third kappa shape index (κ3) is 3.55. The van der Waals surface area contributed by atoms with Gasteiger partial charge < -0.3 is 10.5 Å². The summed E-state index contributed by atoms with van der Waals surface area (Å²) in [6.45, 7) is 2.32. The summed E-state index contributed by atoms with van der Waals surface area (Å²) in [5.41, 5.74) is 7.66. The van der Waals surface area contributed by atoms with Crippen LogP contribution in [0.1, 0.15) is 16.7 Å². The highest BCUT2D eigenvalue weighted by Gasteiger charge is 2.07. The number of benzene rings is 2. The smallest absolute Gasteiger partial charge is 0.134 e. The van der Waals surface area contributed by atoms with E-state index in [0.717, 1.165) is 21.3 Å². The quantitative estimate of drug-likeness (QED) is 0.840. The highest BCUT2D eigenvalue weighted by molar-refractivity contribution is 9.10. The fourth-order valence-electron chi connectivity index (χ4n) is 1.74. The van der Waals surface area contributed by atoms with Crippen LogP contribution in [0.2, 0.25) is 0 Å². The molecular weight excluding hydrogens is 341 g/mol. The zero-order valence-corrected chi connectivity index (χ0v) is 13.2. The van der Waals surface area contributed by atoms with Gasteiger partial charge in [-0.05, 0) is 58.2 Å². The highest BCUT2D eigenvalue weighted by atomic mass is 79.9. The van der Waals surface area contributed by atoms with Gasteiger partial charge in [0.25, 0.3) is 0 Å². The molecule has 2 aromatic carbocycles. The molecule has 0 aliphatic carbocycles. The summed E-state index contributed by atoms with van der Waals surface area (Å²) >= 11 is 8.26. The second kappa shape index (κ2) is 6.33. The lowest BCUT2D eigenvalue weighted by atomic mass is 10.1. The van der Waals surface area contributed by atoms with Crippen LogP contribution < -0.4 is 10.5 Å². The number of hydrogen-bond acceptors (Lipinski definition) is 2. The molecule has 0 spiro atoms. The second-order valence-electron chi connectivity index (χ2n) is 4.40. The SMILES string of the molecule is Cc1ccc(OCc2ccc(F)c(C(N)=S)c2)c(Br)c1. The maximum absolute atomic E-state index is 13.5. The normalized spacial score (nSPS) is 10.3. The number of ether oxygens (including phenoxy) is 1. The Balaban J connectivity index is 2.15. The molecule has 0 heterocycles. The van der Waals surface area contributed by atoms with Gasteiger partial charge in [-0.15, -0.1) is 0 Å². The molecule has 0 atom stereocenters. The first-order valence-electron chi connectivity index (χ1n) is 5.94. The Kier molecular flexibility index (Phi) is 4.73. The number of halogens is 2. The molecule has 104 valence electrons. The predicted octanol–water partition coefficient (Wildman–Crippen LogP) is 4.11. The van der Waals surface area contributed by atoms with Gasteiger partial charge in [-0.25, -0.2) is 4.39 Å². The van der Waals surface area contributed by atoms with Crippen LogP contribution in [-0.4, -0.2) is 4.99 Å². The van der Waals surface area contributed by atoms with Gasteiger partial charge in [0.15, 0.2) is 0 Å². The van der Waals surface area contributed by atoms with Crippen LogP contribution in [0.15, 0.2) is 40.9 Å². The molecule has 0 aromatic heterocycles. The number of thiocarbonyl (C=S) groups is 1. The van der Waals surface area contributed by atoms with Gasteiger partial charge >= 0.3 is 0 Å². The average molecular weight is 354 g/mol. The van der Waals surface area contributed by atoms with Crippen molar-refractivity contribution in [3.63, 3.8) is 0 Å². The Morgan fingerprint density at radius 2 is 2.05 bits per heavy atom. The summed E-state index contributed by atoms with van der Waals surface area (Å²) in [7, 11) is 0. The first kappa shape index (κ1) is 14.9. The predicted molar refractivity (Wildman–Crippen MR) is 85.5 cm³/mol. The van der Waals surface area contributed by atoms with Crippen molar-refractivity contribution in [2.24, 2.45) is 5.73 Å². The van der Waals surface area contributed by atoms with Gasteiger partial charge in [0, 0.05) is 5.56 Å². The molecule has 0 saturated heterocycles. The van der Waals surface area contributed by atoms with E-state index in [4.69, 9.17) is 22.7 Å². The molecule has 20 heavy (non-hydrogen) atoms. The maximum atomic E-state index is 13.5. The topological polar surface area (TPSA) is 35.2 Å². The molecule has 0 bridgehead atoms. The van der Waals surface area contributed by atoms with Gasteiger partial charge in [0.05, 0.1) is 4.47 Å². The van der Waals surface area contributed by atoms with Gasteiger partial charge in [-0.1, -0.05) is 24.4 Å². The lowest BCUT2D eigenvalue weighted by Gasteiger charge is -2.10. The third-order valence-electron chi connectivity index (χ3n) is 2.78. The molecule has 0 aliphatic heterocycles. The average Bonchev–Trinajstić information content (AvgIpc) is 2.39. The van der Waals surface area contributed by atoms with Crippen LogP contribution in [0.4, 0.5) is 4.39 Å². The lowest BCUT2D eigenvalue weighted by Crippen LogP contribution is -2.12. The molecule has 0 aliphatic rings.